The molecule has 2 rings (SSSR count). The molecule has 0 bridgehead atoms. The molecule has 2 aromatic rings. The first kappa shape index (κ1) is 12.7. The third-order valence-corrected chi connectivity index (χ3v) is 4.12. The molecule has 0 unspecified atom stereocenters. The fraction of sp³-hybridized carbons (Fsp3) is 0.231. The van der Waals surface area contributed by atoms with E-state index >= 15 is 0 Å². The Morgan fingerprint density at radius 1 is 1.24 bits per heavy atom. The number of aryl methyl sites for hydroxylation is 1. The van der Waals surface area contributed by atoms with Crippen LogP contribution in [0.3, 0.4) is 0 Å². The minimum atomic E-state index is -0.136. The summed E-state index contributed by atoms with van der Waals surface area (Å²) in [6, 6.07) is 9.47. The molecule has 0 saturated carbocycles. The van der Waals surface area contributed by atoms with Crippen LogP contribution in [0.4, 0.5) is 4.39 Å². The SMILES string of the molecule is Cc1ccc(CNCc2ccc(Br)s2)cc1F. The standard InChI is InChI=1S/C13H13BrFNS/c1-9-2-3-10(6-12(9)15)7-16-8-11-4-5-13(14)17-11/h2-6,16H,7-8H2,1H3. The van der Waals surface area contributed by atoms with Crippen LogP contribution >= 0.6 is 27.3 Å². The van der Waals surface area contributed by atoms with Gasteiger partial charge < -0.3 is 5.32 Å². The van der Waals surface area contributed by atoms with Crippen LogP contribution in [0.15, 0.2) is 34.1 Å². The van der Waals surface area contributed by atoms with E-state index in [-0.39, 0.29) is 5.82 Å². The van der Waals surface area contributed by atoms with E-state index in [9.17, 15) is 4.39 Å². The second kappa shape index (κ2) is 5.76. The fourth-order valence-corrected chi connectivity index (χ4v) is 2.98. The molecule has 0 amide bonds. The van der Waals surface area contributed by atoms with Gasteiger partial charge in [-0.05, 0) is 52.2 Å². The van der Waals surface area contributed by atoms with Gasteiger partial charge >= 0.3 is 0 Å². The van der Waals surface area contributed by atoms with Gasteiger partial charge in [0.2, 0.25) is 0 Å². The van der Waals surface area contributed by atoms with E-state index in [4.69, 9.17) is 0 Å². The number of hydrogen-bond donors (Lipinski definition) is 1. The molecule has 4 heteroatoms. The average Bonchev–Trinajstić information content (AvgIpc) is 2.70. The maximum Gasteiger partial charge on any atom is 0.126 e. The maximum atomic E-state index is 13.3. The second-order valence-electron chi connectivity index (χ2n) is 3.89. The summed E-state index contributed by atoms with van der Waals surface area (Å²) in [7, 11) is 0. The number of rotatable bonds is 4. The highest BCUT2D eigenvalue weighted by Gasteiger charge is 2.00. The zero-order valence-corrected chi connectivity index (χ0v) is 11.9. The molecule has 0 fully saturated rings. The van der Waals surface area contributed by atoms with E-state index in [1.807, 2.05) is 18.2 Å². The molecule has 0 saturated heterocycles. The van der Waals surface area contributed by atoms with Crippen LogP contribution in [0.5, 0.6) is 0 Å². The number of thiophene rings is 1. The summed E-state index contributed by atoms with van der Waals surface area (Å²) in [5, 5.41) is 3.30. The first-order valence-electron chi connectivity index (χ1n) is 5.35. The van der Waals surface area contributed by atoms with Gasteiger partial charge in [0.1, 0.15) is 5.82 Å². The van der Waals surface area contributed by atoms with Gasteiger partial charge in [-0.15, -0.1) is 11.3 Å². The van der Waals surface area contributed by atoms with Crippen molar-refractivity contribution in [2.75, 3.05) is 0 Å². The molecule has 0 atom stereocenters. The second-order valence-corrected chi connectivity index (χ2v) is 6.44. The lowest BCUT2D eigenvalue weighted by Gasteiger charge is -2.04. The predicted molar refractivity (Wildman–Crippen MR) is 73.7 cm³/mol. The summed E-state index contributed by atoms with van der Waals surface area (Å²) >= 11 is 5.14. The van der Waals surface area contributed by atoms with Gasteiger partial charge in [-0.25, -0.2) is 4.39 Å². The molecule has 0 spiro atoms. The highest BCUT2D eigenvalue weighted by atomic mass is 79.9. The van der Waals surface area contributed by atoms with Crippen molar-refractivity contribution in [3.05, 3.63) is 55.9 Å². The van der Waals surface area contributed by atoms with Gasteiger partial charge in [0.15, 0.2) is 0 Å². The van der Waals surface area contributed by atoms with Crippen molar-refractivity contribution in [3.63, 3.8) is 0 Å². The van der Waals surface area contributed by atoms with Crippen molar-refractivity contribution in [2.24, 2.45) is 0 Å². The smallest absolute Gasteiger partial charge is 0.126 e. The summed E-state index contributed by atoms with van der Waals surface area (Å²) in [5.41, 5.74) is 1.67. The monoisotopic (exact) mass is 313 g/mol. The van der Waals surface area contributed by atoms with Gasteiger partial charge in [0.05, 0.1) is 3.79 Å². The van der Waals surface area contributed by atoms with E-state index in [1.54, 1.807) is 24.3 Å². The maximum absolute atomic E-state index is 13.3. The number of nitrogens with one attached hydrogen (secondary N) is 1. The first-order chi connectivity index (χ1) is 8.15. The third kappa shape index (κ3) is 3.63. The van der Waals surface area contributed by atoms with Crippen molar-refractivity contribution in [3.8, 4) is 0 Å². The molecule has 1 N–H and O–H groups in total. The third-order valence-electron chi connectivity index (χ3n) is 2.49. The van der Waals surface area contributed by atoms with Crippen LogP contribution in [-0.2, 0) is 13.1 Å². The minimum absolute atomic E-state index is 0.136. The molecule has 0 aliphatic rings. The molecule has 1 aromatic carbocycles. The molecule has 0 aliphatic heterocycles. The quantitative estimate of drug-likeness (QED) is 0.890. The molecule has 0 aliphatic carbocycles. The van der Waals surface area contributed by atoms with E-state index in [0.29, 0.717) is 12.1 Å². The van der Waals surface area contributed by atoms with E-state index in [1.165, 1.54) is 4.88 Å². The van der Waals surface area contributed by atoms with Gasteiger partial charge in [0, 0.05) is 18.0 Å². The number of benzene rings is 1. The Morgan fingerprint density at radius 2 is 2.06 bits per heavy atom. The molecule has 1 aromatic heterocycles. The van der Waals surface area contributed by atoms with Crippen molar-refractivity contribution < 1.29 is 4.39 Å². The van der Waals surface area contributed by atoms with Crippen molar-refractivity contribution in [2.45, 2.75) is 20.0 Å². The summed E-state index contributed by atoms with van der Waals surface area (Å²) in [5.74, 6) is -0.136. The zero-order valence-electron chi connectivity index (χ0n) is 9.47. The Balaban J connectivity index is 1.87. The predicted octanol–water partition coefficient (Wildman–Crippen LogP) is 4.25. The van der Waals surface area contributed by atoms with Crippen molar-refractivity contribution in [1.82, 2.24) is 5.32 Å². The van der Waals surface area contributed by atoms with Gasteiger partial charge in [0.25, 0.3) is 0 Å². The summed E-state index contributed by atoms with van der Waals surface area (Å²) in [6.45, 7) is 3.27. The molecule has 17 heavy (non-hydrogen) atoms. The first-order valence-corrected chi connectivity index (χ1v) is 6.96. The molecule has 0 radical (unpaired) electrons. The van der Waals surface area contributed by atoms with Crippen LogP contribution in [0, 0.1) is 12.7 Å². The summed E-state index contributed by atoms with van der Waals surface area (Å²) in [4.78, 5) is 1.27. The van der Waals surface area contributed by atoms with Gasteiger partial charge in [-0.3, -0.25) is 0 Å². The zero-order chi connectivity index (χ0) is 12.3. The Kier molecular flexibility index (Phi) is 4.31. The minimum Gasteiger partial charge on any atom is -0.308 e. The van der Waals surface area contributed by atoms with E-state index in [2.05, 4.69) is 27.3 Å². The Morgan fingerprint density at radius 3 is 2.71 bits per heavy atom. The van der Waals surface area contributed by atoms with Gasteiger partial charge in [-0.2, -0.15) is 0 Å². The highest BCUT2D eigenvalue weighted by molar-refractivity contribution is 9.11. The van der Waals surface area contributed by atoms with Crippen molar-refractivity contribution >= 4 is 27.3 Å². The topological polar surface area (TPSA) is 12.0 Å². The Hall–Kier alpha value is -0.710. The van der Waals surface area contributed by atoms with Crippen LogP contribution in [0.1, 0.15) is 16.0 Å². The van der Waals surface area contributed by atoms with Crippen LogP contribution in [0.25, 0.3) is 0 Å². The summed E-state index contributed by atoms with van der Waals surface area (Å²) in [6.07, 6.45) is 0. The number of halogens is 2. The molecular formula is C13H13BrFNS. The molecule has 1 nitrogen and oxygen atoms in total. The van der Waals surface area contributed by atoms with Crippen LogP contribution in [-0.4, -0.2) is 0 Å². The van der Waals surface area contributed by atoms with Gasteiger partial charge in [-0.1, -0.05) is 12.1 Å². The highest BCUT2D eigenvalue weighted by Crippen LogP contribution is 2.21. The molecular weight excluding hydrogens is 301 g/mol. The molecule has 90 valence electrons. The fourth-order valence-electron chi connectivity index (χ4n) is 1.52. The summed E-state index contributed by atoms with van der Waals surface area (Å²) < 4.78 is 14.4. The van der Waals surface area contributed by atoms with Crippen molar-refractivity contribution in [1.29, 1.82) is 0 Å². The van der Waals surface area contributed by atoms with E-state index in [0.717, 1.165) is 15.9 Å². The lowest BCUT2D eigenvalue weighted by Crippen LogP contribution is -2.11. The largest absolute Gasteiger partial charge is 0.308 e. The Bertz CT molecular complexity index is 510. The molecule has 1 heterocycles. The normalized spacial score (nSPS) is 10.8. The lowest BCUT2D eigenvalue weighted by molar-refractivity contribution is 0.612. The Labute approximate surface area is 113 Å². The van der Waals surface area contributed by atoms with Crippen LogP contribution < -0.4 is 5.32 Å². The van der Waals surface area contributed by atoms with Crippen LogP contribution in [0.2, 0.25) is 0 Å². The van der Waals surface area contributed by atoms with E-state index < -0.39 is 0 Å². The number of hydrogen-bond acceptors (Lipinski definition) is 2. The average molecular weight is 314 g/mol. The lowest BCUT2D eigenvalue weighted by atomic mass is 10.1.